The molecule has 0 saturated heterocycles. The molecule has 1 aromatic heterocycles. The first-order valence-corrected chi connectivity index (χ1v) is 6.63. The number of imidazole rings is 1. The van der Waals surface area contributed by atoms with Gasteiger partial charge >= 0.3 is 0 Å². The Kier molecular flexibility index (Phi) is 3.18. The zero-order valence-electron chi connectivity index (χ0n) is 10.7. The molecule has 20 heavy (non-hydrogen) atoms. The number of aromatic nitrogens is 2. The normalized spacial score (nSPS) is 11.2. The van der Waals surface area contributed by atoms with Gasteiger partial charge in [0.1, 0.15) is 17.2 Å². The third kappa shape index (κ3) is 1.96. The molecule has 102 valence electrons. The summed E-state index contributed by atoms with van der Waals surface area (Å²) in [5.41, 5.74) is 2.37. The monoisotopic (exact) mass is 292 g/mol. The lowest BCUT2D eigenvalue weighted by atomic mass is 10.2. The van der Waals surface area contributed by atoms with Gasteiger partial charge in [0, 0.05) is 0 Å². The summed E-state index contributed by atoms with van der Waals surface area (Å²) in [5.74, 6) is -0.0339. The van der Waals surface area contributed by atoms with Gasteiger partial charge < -0.3 is 0 Å². The van der Waals surface area contributed by atoms with Crippen molar-refractivity contribution in [3.8, 4) is 5.69 Å². The predicted molar refractivity (Wildman–Crippen MR) is 75.3 cm³/mol. The standard InChI is InChI=1S/C15H11ClF2N2/c1-9-7-10(17)5-6-12(9)20-13-4-2-3-11(18)15(13)19-14(20)8-16/h2-7H,8H2,1H3. The summed E-state index contributed by atoms with van der Waals surface area (Å²) in [6, 6.07) is 9.18. The van der Waals surface area contributed by atoms with Crippen molar-refractivity contribution >= 4 is 22.6 Å². The van der Waals surface area contributed by atoms with E-state index in [0.29, 0.717) is 11.3 Å². The van der Waals surface area contributed by atoms with Crippen molar-refractivity contribution in [3.05, 3.63) is 59.4 Å². The van der Waals surface area contributed by atoms with Crippen LogP contribution in [0.3, 0.4) is 0 Å². The lowest BCUT2D eigenvalue weighted by molar-refractivity contribution is 0.626. The van der Waals surface area contributed by atoms with Gasteiger partial charge in [0.25, 0.3) is 0 Å². The molecule has 0 radical (unpaired) electrons. The molecule has 0 amide bonds. The smallest absolute Gasteiger partial charge is 0.151 e. The molecule has 5 heteroatoms. The molecule has 3 aromatic rings. The Morgan fingerprint density at radius 1 is 1.20 bits per heavy atom. The van der Waals surface area contributed by atoms with E-state index in [1.165, 1.54) is 18.2 Å². The third-order valence-electron chi connectivity index (χ3n) is 3.22. The minimum Gasteiger partial charge on any atom is -0.295 e. The van der Waals surface area contributed by atoms with Crippen LogP contribution in [0.25, 0.3) is 16.7 Å². The first-order chi connectivity index (χ1) is 9.61. The number of nitrogens with zero attached hydrogens (tertiary/aromatic N) is 2. The van der Waals surface area contributed by atoms with Gasteiger partial charge in [-0.25, -0.2) is 13.8 Å². The van der Waals surface area contributed by atoms with Gasteiger partial charge in [0.15, 0.2) is 5.82 Å². The number of benzene rings is 2. The minimum absolute atomic E-state index is 0.144. The van der Waals surface area contributed by atoms with Crippen LogP contribution in [-0.2, 0) is 5.88 Å². The van der Waals surface area contributed by atoms with Crippen LogP contribution >= 0.6 is 11.6 Å². The Morgan fingerprint density at radius 2 is 2.00 bits per heavy atom. The van der Waals surface area contributed by atoms with Gasteiger partial charge in [0.2, 0.25) is 0 Å². The SMILES string of the molecule is Cc1cc(F)ccc1-n1c(CCl)nc2c(F)cccc21. The van der Waals surface area contributed by atoms with Crippen LogP contribution in [0.4, 0.5) is 8.78 Å². The molecule has 0 spiro atoms. The van der Waals surface area contributed by atoms with Crippen molar-refractivity contribution in [2.75, 3.05) is 0 Å². The highest BCUT2D eigenvalue weighted by Gasteiger charge is 2.15. The number of fused-ring (bicyclic) bond motifs is 1. The fourth-order valence-electron chi connectivity index (χ4n) is 2.34. The quantitative estimate of drug-likeness (QED) is 0.642. The summed E-state index contributed by atoms with van der Waals surface area (Å²) in [4.78, 5) is 4.23. The van der Waals surface area contributed by atoms with E-state index in [2.05, 4.69) is 4.98 Å². The average molecular weight is 293 g/mol. The topological polar surface area (TPSA) is 17.8 Å². The molecule has 2 aromatic carbocycles. The largest absolute Gasteiger partial charge is 0.295 e. The minimum atomic E-state index is -0.396. The summed E-state index contributed by atoms with van der Waals surface area (Å²) in [6.07, 6.45) is 0. The summed E-state index contributed by atoms with van der Waals surface area (Å²) < 4.78 is 28.8. The highest BCUT2D eigenvalue weighted by atomic mass is 35.5. The fourth-order valence-corrected chi connectivity index (χ4v) is 2.52. The molecule has 0 fully saturated rings. The highest BCUT2D eigenvalue weighted by molar-refractivity contribution is 6.17. The van der Waals surface area contributed by atoms with Crippen molar-refractivity contribution in [1.82, 2.24) is 9.55 Å². The van der Waals surface area contributed by atoms with Gasteiger partial charge in [-0.3, -0.25) is 4.57 Å². The van der Waals surface area contributed by atoms with Crippen molar-refractivity contribution in [3.63, 3.8) is 0 Å². The Balaban J connectivity index is 2.37. The molecule has 0 bridgehead atoms. The molecule has 0 saturated carbocycles. The van der Waals surface area contributed by atoms with E-state index in [1.54, 1.807) is 29.7 Å². The first kappa shape index (κ1) is 13.1. The van der Waals surface area contributed by atoms with Crippen LogP contribution in [0.1, 0.15) is 11.4 Å². The third-order valence-corrected chi connectivity index (χ3v) is 3.46. The van der Waals surface area contributed by atoms with Crippen LogP contribution in [-0.4, -0.2) is 9.55 Å². The number of rotatable bonds is 2. The predicted octanol–water partition coefficient (Wildman–Crippen LogP) is 4.35. The molecule has 1 heterocycles. The Morgan fingerprint density at radius 3 is 2.70 bits per heavy atom. The molecule has 0 aliphatic heterocycles. The van der Waals surface area contributed by atoms with Gasteiger partial charge in [-0.1, -0.05) is 6.07 Å². The van der Waals surface area contributed by atoms with E-state index < -0.39 is 5.82 Å². The summed E-state index contributed by atoms with van der Waals surface area (Å²) in [6.45, 7) is 1.79. The van der Waals surface area contributed by atoms with Crippen LogP contribution in [0.2, 0.25) is 0 Å². The molecule has 3 rings (SSSR count). The van der Waals surface area contributed by atoms with Gasteiger partial charge in [-0.05, 0) is 42.8 Å². The number of aryl methyl sites for hydroxylation is 1. The molecule has 0 aliphatic carbocycles. The maximum absolute atomic E-state index is 13.8. The van der Waals surface area contributed by atoms with Gasteiger partial charge in [-0.2, -0.15) is 0 Å². The number of halogens is 3. The number of hydrogen-bond acceptors (Lipinski definition) is 1. The molecule has 2 nitrogen and oxygen atoms in total. The Labute approximate surface area is 119 Å². The summed E-state index contributed by atoms with van der Waals surface area (Å²) in [5, 5.41) is 0. The zero-order valence-corrected chi connectivity index (χ0v) is 11.5. The van der Waals surface area contributed by atoms with Crippen LogP contribution in [0, 0.1) is 18.6 Å². The van der Waals surface area contributed by atoms with E-state index in [4.69, 9.17) is 11.6 Å². The molecule has 0 atom stereocenters. The molecule has 0 N–H and O–H groups in total. The highest BCUT2D eigenvalue weighted by Crippen LogP contribution is 2.26. The summed E-state index contributed by atoms with van der Waals surface area (Å²) in [7, 11) is 0. The van der Waals surface area contributed by atoms with Crippen molar-refractivity contribution in [2.45, 2.75) is 12.8 Å². The first-order valence-electron chi connectivity index (χ1n) is 6.10. The van der Waals surface area contributed by atoms with Crippen LogP contribution in [0.15, 0.2) is 36.4 Å². The Hall–Kier alpha value is -1.94. The van der Waals surface area contributed by atoms with E-state index in [1.807, 2.05) is 0 Å². The van der Waals surface area contributed by atoms with Crippen molar-refractivity contribution in [2.24, 2.45) is 0 Å². The average Bonchev–Trinajstić information content (AvgIpc) is 2.79. The second-order valence-corrected chi connectivity index (χ2v) is 4.80. The molecular formula is C15H11ClF2N2. The van der Waals surface area contributed by atoms with Crippen LogP contribution in [0.5, 0.6) is 0 Å². The van der Waals surface area contributed by atoms with Crippen LogP contribution < -0.4 is 0 Å². The second-order valence-electron chi connectivity index (χ2n) is 4.54. The van der Waals surface area contributed by atoms with E-state index >= 15 is 0 Å². The second kappa shape index (κ2) is 4.87. The van der Waals surface area contributed by atoms with Gasteiger partial charge in [0.05, 0.1) is 17.1 Å². The van der Waals surface area contributed by atoms with E-state index in [-0.39, 0.29) is 17.2 Å². The van der Waals surface area contributed by atoms with E-state index in [9.17, 15) is 8.78 Å². The number of para-hydroxylation sites is 1. The zero-order chi connectivity index (χ0) is 14.3. The maximum Gasteiger partial charge on any atom is 0.151 e. The maximum atomic E-state index is 13.8. The number of hydrogen-bond donors (Lipinski definition) is 0. The van der Waals surface area contributed by atoms with Crippen molar-refractivity contribution in [1.29, 1.82) is 0 Å². The number of alkyl halides is 1. The molecule has 0 aliphatic rings. The lowest BCUT2D eigenvalue weighted by Gasteiger charge is -2.11. The van der Waals surface area contributed by atoms with Gasteiger partial charge in [-0.15, -0.1) is 11.6 Å². The molecule has 0 unspecified atom stereocenters. The molecular weight excluding hydrogens is 282 g/mol. The lowest BCUT2D eigenvalue weighted by Crippen LogP contribution is -2.01. The Bertz CT molecular complexity index is 796. The summed E-state index contributed by atoms with van der Waals surface area (Å²) >= 11 is 5.91. The fraction of sp³-hybridized carbons (Fsp3) is 0.133. The van der Waals surface area contributed by atoms with Crippen molar-refractivity contribution < 1.29 is 8.78 Å². The van der Waals surface area contributed by atoms with E-state index in [0.717, 1.165) is 11.3 Å².